The average Bonchev–Trinajstić information content (AvgIpc) is 2.27. The summed E-state index contributed by atoms with van der Waals surface area (Å²) in [6.45, 7) is 10.8. The van der Waals surface area contributed by atoms with Gasteiger partial charge in [0.2, 0.25) is 5.69 Å². The van der Waals surface area contributed by atoms with E-state index in [1.807, 2.05) is 13.8 Å². The van der Waals surface area contributed by atoms with Crippen LogP contribution in [0.4, 0.5) is 5.69 Å². The third-order valence-corrected chi connectivity index (χ3v) is 1.87. The van der Waals surface area contributed by atoms with Crippen molar-refractivity contribution in [3.63, 3.8) is 0 Å². The van der Waals surface area contributed by atoms with Crippen molar-refractivity contribution >= 4 is 11.7 Å². The van der Waals surface area contributed by atoms with Crippen molar-refractivity contribution < 1.29 is 14.3 Å². The zero-order chi connectivity index (χ0) is 12.1. The Morgan fingerprint density at radius 3 is 2.62 bits per heavy atom. The molecule has 0 heterocycles. The van der Waals surface area contributed by atoms with E-state index in [0.717, 1.165) is 0 Å². The maximum absolute atomic E-state index is 11.3. The van der Waals surface area contributed by atoms with Crippen molar-refractivity contribution in [3.8, 4) is 5.75 Å². The Morgan fingerprint density at radius 2 is 2.12 bits per heavy atom. The lowest BCUT2D eigenvalue weighted by atomic mass is 10.1. The van der Waals surface area contributed by atoms with E-state index < -0.39 is 5.97 Å². The topological polar surface area (TPSA) is 39.9 Å². The Labute approximate surface area is 94.6 Å². The summed E-state index contributed by atoms with van der Waals surface area (Å²) in [5.41, 5.74) is 0.499. The summed E-state index contributed by atoms with van der Waals surface area (Å²) in [7, 11) is 1.29. The maximum atomic E-state index is 11.3. The van der Waals surface area contributed by atoms with E-state index in [1.54, 1.807) is 12.1 Å². The fourth-order valence-electron chi connectivity index (χ4n) is 1.23. The van der Waals surface area contributed by atoms with Crippen LogP contribution in [0, 0.1) is 6.57 Å². The molecule has 1 aromatic rings. The lowest BCUT2D eigenvalue weighted by Crippen LogP contribution is -2.06. The van der Waals surface area contributed by atoms with Gasteiger partial charge in [-0.3, -0.25) is 0 Å². The number of carbonyl (C=O) groups is 1. The Balaban J connectivity index is 3.08. The molecule has 0 bridgehead atoms. The van der Waals surface area contributed by atoms with Crippen LogP contribution in [0.25, 0.3) is 4.85 Å². The number of hydrogen-bond acceptors (Lipinski definition) is 3. The van der Waals surface area contributed by atoms with Gasteiger partial charge in [-0.15, -0.1) is 0 Å². The molecule has 0 N–H and O–H groups in total. The normalized spacial score (nSPS) is 9.69. The van der Waals surface area contributed by atoms with Crippen LogP contribution in [-0.2, 0) is 4.74 Å². The van der Waals surface area contributed by atoms with Gasteiger partial charge in [0.1, 0.15) is 5.75 Å². The van der Waals surface area contributed by atoms with Gasteiger partial charge in [0.05, 0.1) is 25.3 Å². The molecule has 0 fully saturated rings. The molecule has 0 spiro atoms. The van der Waals surface area contributed by atoms with Gasteiger partial charge in [-0.25, -0.2) is 9.64 Å². The SMILES string of the molecule is [C-]#[N+]c1cc(OC(C)C)ccc1C(=O)OC. The lowest BCUT2D eigenvalue weighted by Gasteiger charge is -2.10. The molecule has 0 saturated heterocycles. The molecule has 1 aromatic carbocycles. The smallest absolute Gasteiger partial charge is 0.327 e. The van der Waals surface area contributed by atoms with E-state index in [1.165, 1.54) is 13.2 Å². The van der Waals surface area contributed by atoms with Crippen LogP contribution in [0.15, 0.2) is 18.2 Å². The number of esters is 1. The summed E-state index contributed by atoms with van der Waals surface area (Å²) in [5, 5.41) is 0. The van der Waals surface area contributed by atoms with E-state index >= 15 is 0 Å². The molecule has 4 nitrogen and oxygen atoms in total. The lowest BCUT2D eigenvalue weighted by molar-refractivity contribution is 0.0602. The second kappa shape index (κ2) is 5.17. The quantitative estimate of drug-likeness (QED) is 0.579. The Kier molecular flexibility index (Phi) is 3.90. The van der Waals surface area contributed by atoms with Gasteiger partial charge in [-0.05, 0) is 26.0 Å². The molecule has 0 unspecified atom stereocenters. The average molecular weight is 219 g/mol. The predicted octanol–water partition coefficient (Wildman–Crippen LogP) is 2.81. The first-order valence-corrected chi connectivity index (χ1v) is 4.85. The van der Waals surface area contributed by atoms with Gasteiger partial charge in [0.15, 0.2) is 0 Å². The zero-order valence-corrected chi connectivity index (χ0v) is 9.48. The molecule has 0 aromatic heterocycles. The minimum absolute atomic E-state index is 0.0301. The van der Waals surface area contributed by atoms with E-state index in [2.05, 4.69) is 9.58 Å². The van der Waals surface area contributed by atoms with Gasteiger partial charge in [0, 0.05) is 0 Å². The van der Waals surface area contributed by atoms with Crippen molar-refractivity contribution in [2.45, 2.75) is 20.0 Å². The number of hydrogen-bond donors (Lipinski definition) is 0. The van der Waals surface area contributed by atoms with Crippen molar-refractivity contribution in [3.05, 3.63) is 35.2 Å². The summed E-state index contributed by atoms with van der Waals surface area (Å²) >= 11 is 0. The largest absolute Gasteiger partial charge is 0.492 e. The van der Waals surface area contributed by atoms with Crippen LogP contribution in [-0.4, -0.2) is 19.2 Å². The zero-order valence-electron chi connectivity index (χ0n) is 9.48. The third-order valence-electron chi connectivity index (χ3n) is 1.87. The van der Waals surface area contributed by atoms with E-state index in [0.29, 0.717) is 5.75 Å². The molecule has 0 aliphatic rings. The van der Waals surface area contributed by atoms with Crippen molar-refractivity contribution in [2.75, 3.05) is 7.11 Å². The number of carbonyl (C=O) groups excluding carboxylic acids is 1. The number of nitrogens with zero attached hydrogens (tertiary/aromatic N) is 1. The number of benzene rings is 1. The number of ether oxygens (including phenoxy) is 2. The Hall–Kier alpha value is -2.02. The van der Waals surface area contributed by atoms with E-state index in [4.69, 9.17) is 11.3 Å². The highest BCUT2D eigenvalue weighted by Gasteiger charge is 2.12. The van der Waals surface area contributed by atoms with Gasteiger partial charge >= 0.3 is 5.97 Å². The fourth-order valence-corrected chi connectivity index (χ4v) is 1.23. The molecule has 4 heteroatoms. The monoisotopic (exact) mass is 219 g/mol. The first kappa shape index (κ1) is 12.1. The molecule has 0 aliphatic carbocycles. The van der Waals surface area contributed by atoms with Crippen molar-refractivity contribution in [2.24, 2.45) is 0 Å². The first-order chi connectivity index (χ1) is 7.58. The summed E-state index contributed by atoms with van der Waals surface area (Å²) in [6.07, 6.45) is 0.0301. The summed E-state index contributed by atoms with van der Waals surface area (Å²) in [5.74, 6) is 0.0655. The van der Waals surface area contributed by atoms with Gasteiger partial charge < -0.3 is 9.47 Å². The second-order valence-electron chi connectivity index (χ2n) is 3.45. The van der Waals surface area contributed by atoms with Crippen LogP contribution in [0.2, 0.25) is 0 Å². The van der Waals surface area contributed by atoms with Gasteiger partial charge in [-0.1, -0.05) is 6.07 Å². The molecule has 0 saturated carbocycles. The molecule has 0 radical (unpaired) electrons. The standard InChI is InChI=1S/C12H13NO3/c1-8(2)16-9-5-6-10(12(14)15-4)11(7-9)13-3/h5-8H,1-2,4H3. The second-order valence-corrected chi connectivity index (χ2v) is 3.45. The van der Waals surface area contributed by atoms with E-state index in [9.17, 15) is 4.79 Å². The molecule has 0 amide bonds. The summed E-state index contributed by atoms with van der Waals surface area (Å²) < 4.78 is 10.0. The van der Waals surface area contributed by atoms with Crippen LogP contribution in [0.3, 0.4) is 0 Å². The van der Waals surface area contributed by atoms with Crippen molar-refractivity contribution in [1.29, 1.82) is 0 Å². The number of rotatable bonds is 3. The fraction of sp³-hybridized carbons (Fsp3) is 0.333. The van der Waals surface area contributed by atoms with Crippen molar-refractivity contribution in [1.82, 2.24) is 0 Å². The summed E-state index contributed by atoms with van der Waals surface area (Å²) in [6, 6.07) is 4.73. The minimum atomic E-state index is -0.512. The Morgan fingerprint density at radius 1 is 1.44 bits per heavy atom. The predicted molar refractivity (Wildman–Crippen MR) is 59.8 cm³/mol. The minimum Gasteiger partial charge on any atom is -0.492 e. The van der Waals surface area contributed by atoms with Crippen LogP contribution in [0.5, 0.6) is 5.75 Å². The molecule has 0 aliphatic heterocycles. The molecular formula is C12H13NO3. The van der Waals surface area contributed by atoms with Crippen LogP contribution >= 0.6 is 0 Å². The molecule has 84 valence electrons. The summed E-state index contributed by atoms with van der Waals surface area (Å²) in [4.78, 5) is 14.6. The maximum Gasteiger partial charge on any atom is 0.327 e. The molecule has 1 rings (SSSR count). The highest BCUT2D eigenvalue weighted by Crippen LogP contribution is 2.26. The Bertz CT molecular complexity index is 432. The molecule has 16 heavy (non-hydrogen) atoms. The highest BCUT2D eigenvalue weighted by atomic mass is 16.5. The van der Waals surface area contributed by atoms with Crippen LogP contribution in [0.1, 0.15) is 24.2 Å². The molecular weight excluding hydrogens is 206 g/mol. The van der Waals surface area contributed by atoms with Crippen LogP contribution < -0.4 is 4.74 Å². The highest BCUT2D eigenvalue weighted by molar-refractivity contribution is 5.96. The first-order valence-electron chi connectivity index (χ1n) is 4.85. The van der Waals surface area contributed by atoms with Gasteiger partial charge in [0.25, 0.3) is 0 Å². The van der Waals surface area contributed by atoms with E-state index in [-0.39, 0.29) is 17.4 Å². The third kappa shape index (κ3) is 2.74. The van der Waals surface area contributed by atoms with Gasteiger partial charge in [-0.2, -0.15) is 0 Å². The number of methoxy groups -OCH3 is 1. The molecule has 0 atom stereocenters.